The predicted molar refractivity (Wildman–Crippen MR) is 54.8 cm³/mol. The van der Waals surface area contributed by atoms with Gasteiger partial charge in [0, 0.05) is 22.2 Å². The molecular formula is C11H9FN2O. The fraction of sp³-hybridized carbons (Fsp3) is 0.182. The van der Waals surface area contributed by atoms with Crippen LogP contribution in [0.25, 0.3) is 10.9 Å². The molecule has 0 amide bonds. The van der Waals surface area contributed by atoms with Crippen molar-refractivity contribution in [3.05, 3.63) is 35.3 Å². The Labute approximate surface area is 85.6 Å². The van der Waals surface area contributed by atoms with Gasteiger partial charge in [-0.25, -0.2) is 14.2 Å². The van der Waals surface area contributed by atoms with Gasteiger partial charge in [-0.15, -0.1) is 0 Å². The number of fused-ring (bicyclic) bond motifs is 1. The standard InChI is InChI=1S/C11H9FN2O/c1-7-2-8-3-10(12)9(5-13-6-15)4-11(8)14-7/h2-4,14H,5H2,1H3. The lowest BCUT2D eigenvalue weighted by atomic mass is 10.1. The van der Waals surface area contributed by atoms with E-state index < -0.39 is 0 Å². The Morgan fingerprint density at radius 2 is 2.27 bits per heavy atom. The molecule has 0 bridgehead atoms. The van der Waals surface area contributed by atoms with Crippen LogP contribution in [0.15, 0.2) is 23.2 Å². The van der Waals surface area contributed by atoms with Crippen LogP contribution in [0.4, 0.5) is 4.39 Å². The summed E-state index contributed by atoms with van der Waals surface area (Å²) in [6, 6.07) is 4.97. The largest absolute Gasteiger partial charge is 0.359 e. The normalized spacial score (nSPS) is 10.3. The third-order valence-electron chi connectivity index (χ3n) is 2.24. The minimum absolute atomic E-state index is 0.0311. The van der Waals surface area contributed by atoms with Crippen LogP contribution in [0.1, 0.15) is 11.3 Å². The highest BCUT2D eigenvalue weighted by atomic mass is 19.1. The molecule has 2 rings (SSSR count). The van der Waals surface area contributed by atoms with Crippen molar-refractivity contribution in [3.8, 4) is 0 Å². The van der Waals surface area contributed by atoms with Crippen LogP contribution in [0.5, 0.6) is 0 Å². The first-order valence-corrected chi connectivity index (χ1v) is 4.52. The molecule has 1 heterocycles. The van der Waals surface area contributed by atoms with Gasteiger partial charge in [0.2, 0.25) is 6.08 Å². The molecule has 76 valence electrons. The molecule has 0 aliphatic heterocycles. The van der Waals surface area contributed by atoms with Crippen molar-refractivity contribution in [2.75, 3.05) is 0 Å². The van der Waals surface area contributed by atoms with Crippen LogP contribution in [-0.2, 0) is 11.3 Å². The van der Waals surface area contributed by atoms with Crippen LogP contribution < -0.4 is 0 Å². The van der Waals surface area contributed by atoms with E-state index in [1.54, 1.807) is 6.07 Å². The highest BCUT2D eigenvalue weighted by molar-refractivity contribution is 5.81. The van der Waals surface area contributed by atoms with Crippen molar-refractivity contribution in [3.63, 3.8) is 0 Å². The highest BCUT2D eigenvalue weighted by Crippen LogP contribution is 2.20. The second-order valence-electron chi connectivity index (χ2n) is 3.39. The number of rotatable bonds is 2. The molecule has 15 heavy (non-hydrogen) atoms. The Kier molecular flexibility index (Phi) is 2.35. The molecule has 0 saturated carbocycles. The topological polar surface area (TPSA) is 45.2 Å². The van der Waals surface area contributed by atoms with Crippen molar-refractivity contribution in [2.45, 2.75) is 13.5 Å². The molecule has 0 fully saturated rings. The molecular weight excluding hydrogens is 195 g/mol. The van der Waals surface area contributed by atoms with E-state index in [0.717, 1.165) is 16.6 Å². The average Bonchev–Trinajstić information content (AvgIpc) is 2.53. The number of aryl methyl sites for hydroxylation is 1. The van der Waals surface area contributed by atoms with E-state index in [2.05, 4.69) is 9.98 Å². The van der Waals surface area contributed by atoms with Gasteiger partial charge in [-0.1, -0.05) is 0 Å². The minimum Gasteiger partial charge on any atom is -0.359 e. The van der Waals surface area contributed by atoms with Gasteiger partial charge in [0.1, 0.15) is 5.82 Å². The number of aromatic amines is 1. The summed E-state index contributed by atoms with van der Waals surface area (Å²) in [5.41, 5.74) is 2.22. The van der Waals surface area contributed by atoms with Gasteiger partial charge < -0.3 is 4.98 Å². The number of hydrogen-bond acceptors (Lipinski definition) is 2. The summed E-state index contributed by atoms with van der Waals surface area (Å²) in [7, 11) is 0. The second-order valence-corrected chi connectivity index (χ2v) is 3.39. The SMILES string of the molecule is Cc1cc2cc(F)c(CN=C=O)cc2[nH]1. The molecule has 3 nitrogen and oxygen atoms in total. The van der Waals surface area contributed by atoms with Gasteiger partial charge in [0.25, 0.3) is 0 Å². The number of carbonyl (C=O) groups excluding carboxylic acids is 1. The molecule has 0 atom stereocenters. The zero-order valence-electron chi connectivity index (χ0n) is 8.17. The summed E-state index contributed by atoms with van der Waals surface area (Å²) in [6.07, 6.45) is 1.39. The number of H-pyrrole nitrogens is 1. The molecule has 0 saturated heterocycles. The van der Waals surface area contributed by atoms with Crippen molar-refractivity contribution in [1.29, 1.82) is 0 Å². The maximum Gasteiger partial charge on any atom is 0.235 e. The third-order valence-corrected chi connectivity index (χ3v) is 2.24. The fourth-order valence-electron chi connectivity index (χ4n) is 1.58. The smallest absolute Gasteiger partial charge is 0.235 e. The molecule has 0 radical (unpaired) electrons. The van der Waals surface area contributed by atoms with Gasteiger partial charge >= 0.3 is 0 Å². The first-order valence-electron chi connectivity index (χ1n) is 4.52. The number of hydrogen-bond donors (Lipinski definition) is 1. The monoisotopic (exact) mass is 204 g/mol. The number of halogens is 1. The summed E-state index contributed by atoms with van der Waals surface area (Å²) >= 11 is 0. The van der Waals surface area contributed by atoms with E-state index in [-0.39, 0.29) is 12.4 Å². The minimum atomic E-state index is -0.347. The van der Waals surface area contributed by atoms with Crippen LogP contribution in [-0.4, -0.2) is 11.1 Å². The summed E-state index contributed by atoms with van der Waals surface area (Å²) < 4.78 is 13.4. The summed E-state index contributed by atoms with van der Waals surface area (Å²) in [5.74, 6) is -0.347. The lowest BCUT2D eigenvalue weighted by molar-refractivity contribution is 0.561. The van der Waals surface area contributed by atoms with Gasteiger partial charge in [-0.05, 0) is 25.1 Å². The van der Waals surface area contributed by atoms with Gasteiger partial charge in [-0.3, -0.25) is 0 Å². The maximum atomic E-state index is 13.4. The van der Waals surface area contributed by atoms with Crippen molar-refractivity contribution >= 4 is 17.0 Å². The number of aromatic nitrogens is 1. The number of aliphatic imine (C=N–C) groups is 1. The Bertz CT molecular complexity index is 553. The fourth-order valence-corrected chi connectivity index (χ4v) is 1.58. The number of nitrogens with zero attached hydrogens (tertiary/aromatic N) is 1. The Hall–Kier alpha value is -1.93. The van der Waals surface area contributed by atoms with Gasteiger partial charge in [0.05, 0.1) is 6.54 Å². The molecule has 1 N–H and O–H groups in total. The molecule has 4 heteroatoms. The van der Waals surface area contributed by atoms with Crippen molar-refractivity contribution in [2.24, 2.45) is 4.99 Å². The average molecular weight is 204 g/mol. The van der Waals surface area contributed by atoms with Crippen LogP contribution in [0.3, 0.4) is 0 Å². The van der Waals surface area contributed by atoms with E-state index in [0.29, 0.717) is 5.56 Å². The first kappa shape index (κ1) is 9.62. The molecule has 0 spiro atoms. The summed E-state index contributed by atoms with van der Waals surface area (Å²) in [5, 5.41) is 0.823. The first-order chi connectivity index (χ1) is 7.20. The second kappa shape index (κ2) is 3.67. The Morgan fingerprint density at radius 3 is 3.00 bits per heavy atom. The van der Waals surface area contributed by atoms with Crippen molar-refractivity contribution < 1.29 is 9.18 Å². The summed E-state index contributed by atoms with van der Waals surface area (Å²) in [6.45, 7) is 1.94. The highest BCUT2D eigenvalue weighted by Gasteiger charge is 2.05. The van der Waals surface area contributed by atoms with E-state index >= 15 is 0 Å². The maximum absolute atomic E-state index is 13.4. The van der Waals surface area contributed by atoms with Crippen molar-refractivity contribution in [1.82, 2.24) is 4.98 Å². The van der Waals surface area contributed by atoms with E-state index in [9.17, 15) is 9.18 Å². The van der Waals surface area contributed by atoms with Gasteiger partial charge in [0.15, 0.2) is 0 Å². The zero-order chi connectivity index (χ0) is 10.8. The molecule has 1 aromatic carbocycles. The summed E-state index contributed by atoms with van der Waals surface area (Å²) in [4.78, 5) is 16.4. The lowest BCUT2D eigenvalue weighted by Gasteiger charge is -1.98. The number of isocyanates is 1. The van der Waals surface area contributed by atoms with E-state index in [1.165, 1.54) is 12.1 Å². The zero-order valence-corrected chi connectivity index (χ0v) is 8.17. The van der Waals surface area contributed by atoms with E-state index in [4.69, 9.17) is 0 Å². The van der Waals surface area contributed by atoms with Crippen LogP contribution in [0.2, 0.25) is 0 Å². The van der Waals surface area contributed by atoms with Crippen LogP contribution in [0, 0.1) is 12.7 Å². The quantitative estimate of drug-likeness (QED) is 0.592. The Morgan fingerprint density at radius 1 is 1.47 bits per heavy atom. The third kappa shape index (κ3) is 1.80. The molecule has 0 unspecified atom stereocenters. The van der Waals surface area contributed by atoms with E-state index in [1.807, 2.05) is 13.0 Å². The van der Waals surface area contributed by atoms with Gasteiger partial charge in [-0.2, -0.15) is 0 Å². The lowest BCUT2D eigenvalue weighted by Crippen LogP contribution is -1.88. The molecule has 0 aliphatic carbocycles. The predicted octanol–water partition coefficient (Wildman–Crippen LogP) is 2.45. The van der Waals surface area contributed by atoms with Crippen LogP contribution >= 0.6 is 0 Å². The molecule has 2 aromatic rings. The Balaban J connectivity index is 2.55. The molecule has 1 aromatic heterocycles. The number of nitrogens with one attached hydrogen (secondary N) is 1. The molecule has 0 aliphatic rings. The number of benzene rings is 1.